The van der Waals surface area contributed by atoms with E-state index in [4.69, 9.17) is 4.74 Å². The highest BCUT2D eigenvalue weighted by atomic mass is 16.6. The number of ether oxygens (including phenoxy) is 1. The summed E-state index contributed by atoms with van der Waals surface area (Å²) in [5.41, 5.74) is 0.173. The van der Waals surface area contributed by atoms with Crippen LogP contribution >= 0.6 is 0 Å². The number of hydrogen-bond acceptors (Lipinski definition) is 5. The number of carbonyl (C=O) groups is 2. The van der Waals surface area contributed by atoms with E-state index in [-0.39, 0.29) is 18.0 Å². The fourth-order valence-electron chi connectivity index (χ4n) is 1.72. The Labute approximate surface area is 122 Å². The predicted molar refractivity (Wildman–Crippen MR) is 75.7 cm³/mol. The fraction of sp³-hybridized carbons (Fsp3) is 0.333. The van der Waals surface area contributed by atoms with Crippen LogP contribution in [-0.2, 0) is 16.1 Å². The molecule has 0 fully saturated rings. The van der Waals surface area contributed by atoms with Gasteiger partial charge in [-0.15, -0.1) is 5.10 Å². The van der Waals surface area contributed by atoms with E-state index < -0.39 is 11.6 Å². The minimum atomic E-state index is -0.555. The van der Waals surface area contributed by atoms with Gasteiger partial charge in [0, 0.05) is 5.56 Å². The molecule has 0 unspecified atom stereocenters. The van der Waals surface area contributed by atoms with Gasteiger partial charge in [-0.25, -0.2) is 4.68 Å². The van der Waals surface area contributed by atoms with Crippen molar-refractivity contribution in [1.82, 2.24) is 15.0 Å². The van der Waals surface area contributed by atoms with Gasteiger partial charge < -0.3 is 4.74 Å². The number of rotatable bonds is 4. The van der Waals surface area contributed by atoms with Crippen LogP contribution in [0.5, 0.6) is 0 Å². The number of carbonyl (C=O) groups excluding carboxylic acids is 2. The summed E-state index contributed by atoms with van der Waals surface area (Å²) >= 11 is 0. The van der Waals surface area contributed by atoms with Crippen molar-refractivity contribution < 1.29 is 14.3 Å². The average molecular weight is 287 g/mol. The largest absolute Gasteiger partial charge is 0.459 e. The Morgan fingerprint density at radius 1 is 1.19 bits per heavy atom. The highest BCUT2D eigenvalue weighted by Crippen LogP contribution is 2.09. The van der Waals surface area contributed by atoms with Crippen LogP contribution in [0.2, 0.25) is 0 Å². The second kappa shape index (κ2) is 5.87. The van der Waals surface area contributed by atoms with Crippen LogP contribution in [-0.4, -0.2) is 32.3 Å². The molecular weight excluding hydrogens is 270 g/mol. The van der Waals surface area contributed by atoms with Gasteiger partial charge in [-0.1, -0.05) is 35.5 Å². The molecule has 0 aliphatic rings. The van der Waals surface area contributed by atoms with Gasteiger partial charge in [0.05, 0.1) is 6.20 Å². The van der Waals surface area contributed by atoms with Crippen molar-refractivity contribution in [3.63, 3.8) is 0 Å². The monoisotopic (exact) mass is 287 g/mol. The first kappa shape index (κ1) is 14.9. The molecule has 0 saturated carbocycles. The Kier molecular flexibility index (Phi) is 4.16. The zero-order valence-corrected chi connectivity index (χ0v) is 12.2. The first-order valence-electron chi connectivity index (χ1n) is 6.57. The summed E-state index contributed by atoms with van der Waals surface area (Å²) in [5.74, 6) is -0.655. The zero-order valence-electron chi connectivity index (χ0n) is 12.2. The number of ketones is 1. The highest BCUT2D eigenvalue weighted by Gasteiger charge is 2.18. The molecule has 0 amide bonds. The van der Waals surface area contributed by atoms with Crippen LogP contribution in [0.3, 0.4) is 0 Å². The average Bonchev–Trinajstić information content (AvgIpc) is 2.85. The SMILES string of the molecule is CC(C)(C)OC(=O)Cn1cc(C(=O)c2ccccc2)nn1. The number of esters is 1. The molecule has 0 saturated heterocycles. The van der Waals surface area contributed by atoms with Crippen molar-refractivity contribution in [3.05, 3.63) is 47.8 Å². The molecule has 1 aromatic carbocycles. The summed E-state index contributed by atoms with van der Waals surface area (Å²) in [6, 6.07) is 8.79. The van der Waals surface area contributed by atoms with Crippen molar-refractivity contribution in [3.8, 4) is 0 Å². The van der Waals surface area contributed by atoms with E-state index in [9.17, 15) is 9.59 Å². The standard InChI is InChI=1S/C15H17N3O3/c1-15(2,3)21-13(19)10-18-9-12(16-17-18)14(20)11-7-5-4-6-8-11/h4-9H,10H2,1-3H3. The van der Waals surface area contributed by atoms with E-state index in [1.165, 1.54) is 10.9 Å². The Hall–Kier alpha value is -2.50. The maximum Gasteiger partial charge on any atom is 0.328 e. The second-order valence-electron chi connectivity index (χ2n) is 5.58. The molecule has 21 heavy (non-hydrogen) atoms. The van der Waals surface area contributed by atoms with Crippen LogP contribution in [0, 0.1) is 0 Å². The molecule has 0 aliphatic carbocycles. The molecule has 110 valence electrons. The lowest BCUT2D eigenvalue weighted by atomic mass is 10.1. The molecule has 0 spiro atoms. The quantitative estimate of drug-likeness (QED) is 0.633. The van der Waals surface area contributed by atoms with Gasteiger partial charge in [0.15, 0.2) is 5.69 Å². The van der Waals surface area contributed by atoms with Crippen molar-refractivity contribution in [2.24, 2.45) is 0 Å². The Morgan fingerprint density at radius 2 is 1.86 bits per heavy atom. The summed E-state index contributed by atoms with van der Waals surface area (Å²) in [6.45, 7) is 5.29. The van der Waals surface area contributed by atoms with Crippen molar-refractivity contribution in [2.45, 2.75) is 32.9 Å². The third-order valence-electron chi connectivity index (χ3n) is 2.52. The van der Waals surface area contributed by atoms with E-state index in [1.54, 1.807) is 45.0 Å². The maximum atomic E-state index is 12.1. The van der Waals surface area contributed by atoms with Gasteiger partial charge in [-0.2, -0.15) is 0 Å². The number of hydrogen-bond donors (Lipinski definition) is 0. The van der Waals surface area contributed by atoms with Crippen LogP contribution in [0.4, 0.5) is 0 Å². The molecule has 0 N–H and O–H groups in total. The molecule has 2 aromatic rings. The molecule has 6 nitrogen and oxygen atoms in total. The Balaban J connectivity index is 2.05. The van der Waals surface area contributed by atoms with Crippen LogP contribution in [0.15, 0.2) is 36.5 Å². The molecule has 6 heteroatoms. The first-order chi connectivity index (χ1) is 9.85. The fourth-order valence-corrected chi connectivity index (χ4v) is 1.72. The Morgan fingerprint density at radius 3 is 2.48 bits per heavy atom. The maximum absolute atomic E-state index is 12.1. The van der Waals surface area contributed by atoms with E-state index in [0.29, 0.717) is 5.56 Å². The minimum Gasteiger partial charge on any atom is -0.459 e. The molecule has 2 rings (SSSR count). The number of benzene rings is 1. The van der Waals surface area contributed by atoms with Gasteiger partial charge in [0.25, 0.3) is 0 Å². The van der Waals surface area contributed by atoms with Gasteiger partial charge in [-0.3, -0.25) is 9.59 Å². The normalized spacial score (nSPS) is 11.2. The molecule has 1 aromatic heterocycles. The minimum absolute atomic E-state index is 0.0770. The van der Waals surface area contributed by atoms with E-state index in [1.807, 2.05) is 6.07 Å². The number of nitrogens with zero attached hydrogens (tertiary/aromatic N) is 3. The zero-order chi connectivity index (χ0) is 15.5. The summed E-state index contributed by atoms with van der Waals surface area (Å²) in [6.07, 6.45) is 1.44. The van der Waals surface area contributed by atoms with Crippen LogP contribution in [0.25, 0.3) is 0 Å². The predicted octanol–water partition coefficient (Wildman–Crippen LogP) is 1.85. The molecular formula is C15H17N3O3. The van der Waals surface area contributed by atoms with E-state index >= 15 is 0 Å². The Bertz CT molecular complexity index is 642. The van der Waals surface area contributed by atoms with Crippen molar-refractivity contribution in [2.75, 3.05) is 0 Å². The van der Waals surface area contributed by atoms with Gasteiger partial charge >= 0.3 is 5.97 Å². The smallest absolute Gasteiger partial charge is 0.328 e. The summed E-state index contributed by atoms with van der Waals surface area (Å²) in [5, 5.41) is 7.58. The molecule has 0 aliphatic heterocycles. The molecule has 1 heterocycles. The lowest BCUT2D eigenvalue weighted by Crippen LogP contribution is -2.26. The molecule has 0 radical (unpaired) electrons. The second-order valence-corrected chi connectivity index (χ2v) is 5.58. The van der Waals surface area contributed by atoms with Crippen molar-refractivity contribution in [1.29, 1.82) is 0 Å². The molecule has 0 bridgehead atoms. The van der Waals surface area contributed by atoms with E-state index in [0.717, 1.165) is 0 Å². The van der Waals surface area contributed by atoms with Crippen LogP contribution < -0.4 is 0 Å². The topological polar surface area (TPSA) is 74.1 Å². The van der Waals surface area contributed by atoms with Gasteiger partial charge in [0.2, 0.25) is 5.78 Å². The summed E-state index contributed by atoms with van der Waals surface area (Å²) in [7, 11) is 0. The lowest BCUT2D eigenvalue weighted by molar-refractivity contribution is -0.155. The van der Waals surface area contributed by atoms with Crippen molar-refractivity contribution >= 4 is 11.8 Å². The third kappa shape index (κ3) is 4.24. The highest BCUT2D eigenvalue weighted by molar-refractivity contribution is 6.07. The summed E-state index contributed by atoms with van der Waals surface area (Å²) in [4.78, 5) is 23.8. The van der Waals surface area contributed by atoms with Gasteiger partial charge in [-0.05, 0) is 20.8 Å². The summed E-state index contributed by atoms with van der Waals surface area (Å²) < 4.78 is 6.48. The molecule has 0 atom stereocenters. The lowest BCUT2D eigenvalue weighted by Gasteiger charge is -2.19. The number of aromatic nitrogens is 3. The van der Waals surface area contributed by atoms with Gasteiger partial charge in [0.1, 0.15) is 12.1 Å². The first-order valence-corrected chi connectivity index (χ1v) is 6.57. The van der Waals surface area contributed by atoms with E-state index in [2.05, 4.69) is 10.3 Å². The van der Waals surface area contributed by atoms with Crippen LogP contribution in [0.1, 0.15) is 36.8 Å². The third-order valence-corrected chi connectivity index (χ3v) is 2.52.